The van der Waals surface area contributed by atoms with E-state index in [2.05, 4.69) is 5.32 Å². The Bertz CT molecular complexity index is 410. The third kappa shape index (κ3) is 6.01. The summed E-state index contributed by atoms with van der Waals surface area (Å²) in [5.74, 6) is -0.194. The van der Waals surface area contributed by atoms with Gasteiger partial charge in [0.15, 0.2) is 0 Å². The third-order valence-corrected chi connectivity index (χ3v) is 2.38. The highest BCUT2D eigenvalue weighted by Crippen LogP contribution is 2.02. The van der Waals surface area contributed by atoms with Gasteiger partial charge in [-0.1, -0.05) is 48.6 Å². The first-order chi connectivity index (χ1) is 8.72. The van der Waals surface area contributed by atoms with E-state index in [1.807, 2.05) is 43.3 Å². The van der Waals surface area contributed by atoms with Gasteiger partial charge in [0.2, 0.25) is 5.91 Å². The largest absolute Gasteiger partial charge is 0.391 e. The van der Waals surface area contributed by atoms with Crippen molar-refractivity contribution >= 4 is 5.91 Å². The fourth-order valence-corrected chi connectivity index (χ4v) is 1.49. The van der Waals surface area contributed by atoms with E-state index in [1.165, 1.54) is 6.08 Å². The van der Waals surface area contributed by atoms with Gasteiger partial charge < -0.3 is 10.4 Å². The lowest BCUT2D eigenvalue weighted by Crippen LogP contribution is -2.32. The number of aliphatic hydroxyl groups excluding tert-OH is 1. The molecule has 2 N–H and O–H groups in total. The number of aliphatic hydroxyl groups is 1. The molecule has 0 aliphatic carbocycles. The fraction of sp³-hybridized carbons (Fsp3) is 0.267. The van der Waals surface area contributed by atoms with Crippen molar-refractivity contribution in [3.05, 3.63) is 60.2 Å². The number of carbonyl (C=O) groups excluding carboxylic acids is 1. The summed E-state index contributed by atoms with van der Waals surface area (Å²) in [6.07, 6.45) is 6.70. The molecule has 0 aliphatic heterocycles. The second-order valence-electron chi connectivity index (χ2n) is 3.97. The highest BCUT2D eigenvalue weighted by Gasteiger charge is 2.06. The maximum Gasteiger partial charge on any atom is 0.244 e. The first-order valence-electron chi connectivity index (χ1n) is 6.01. The van der Waals surface area contributed by atoms with E-state index in [1.54, 1.807) is 12.2 Å². The van der Waals surface area contributed by atoms with Gasteiger partial charge in [-0.25, -0.2) is 0 Å². The zero-order chi connectivity index (χ0) is 13.2. The van der Waals surface area contributed by atoms with Crippen molar-refractivity contribution < 1.29 is 9.90 Å². The van der Waals surface area contributed by atoms with Gasteiger partial charge in [0.05, 0.1) is 6.10 Å². The molecule has 0 fully saturated rings. The molecule has 1 aromatic carbocycles. The molecular formula is C15H19NO2. The monoisotopic (exact) mass is 245 g/mol. The van der Waals surface area contributed by atoms with E-state index in [4.69, 9.17) is 0 Å². The molecule has 0 aliphatic rings. The minimum Gasteiger partial charge on any atom is -0.391 e. The van der Waals surface area contributed by atoms with Gasteiger partial charge >= 0.3 is 0 Å². The van der Waals surface area contributed by atoms with Crippen LogP contribution in [0.3, 0.4) is 0 Å². The Kier molecular flexibility index (Phi) is 6.51. The van der Waals surface area contributed by atoms with Gasteiger partial charge in [0.1, 0.15) is 0 Å². The molecule has 0 spiro atoms. The van der Waals surface area contributed by atoms with Gasteiger partial charge in [0, 0.05) is 19.0 Å². The van der Waals surface area contributed by atoms with Crippen molar-refractivity contribution in [2.75, 3.05) is 6.54 Å². The van der Waals surface area contributed by atoms with Crippen LogP contribution in [0.2, 0.25) is 0 Å². The van der Waals surface area contributed by atoms with Crippen molar-refractivity contribution in [3.8, 4) is 0 Å². The minimum absolute atomic E-state index is 0.194. The number of allylic oxidation sites excluding steroid dienone is 3. The molecule has 1 aromatic rings. The molecule has 3 nitrogen and oxygen atoms in total. The van der Waals surface area contributed by atoms with Crippen LogP contribution in [0, 0.1) is 0 Å². The summed E-state index contributed by atoms with van der Waals surface area (Å²) in [4.78, 5) is 11.3. The maximum absolute atomic E-state index is 11.3. The van der Waals surface area contributed by atoms with E-state index in [-0.39, 0.29) is 12.5 Å². The van der Waals surface area contributed by atoms with Crippen molar-refractivity contribution in [1.29, 1.82) is 0 Å². The zero-order valence-corrected chi connectivity index (χ0v) is 10.5. The molecule has 0 bridgehead atoms. The molecule has 0 aromatic heterocycles. The Morgan fingerprint density at radius 1 is 1.33 bits per heavy atom. The Morgan fingerprint density at radius 3 is 2.72 bits per heavy atom. The topological polar surface area (TPSA) is 49.3 Å². The van der Waals surface area contributed by atoms with Crippen LogP contribution in [0.5, 0.6) is 0 Å². The summed E-state index contributed by atoms with van der Waals surface area (Å²) >= 11 is 0. The van der Waals surface area contributed by atoms with E-state index < -0.39 is 6.10 Å². The van der Waals surface area contributed by atoms with Crippen LogP contribution in [-0.2, 0) is 11.2 Å². The number of amides is 1. The SMILES string of the molecule is CC=CC=CC(=O)NCC(O)Cc1ccccc1. The van der Waals surface area contributed by atoms with Crippen LogP contribution in [0.4, 0.5) is 0 Å². The summed E-state index contributed by atoms with van der Waals surface area (Å²) in [5.41, 5.74) is 1.06. The van der Waals surface area contributed by atoms with E-state index in [0.29, 0.717) is 6.42 Å². The van der Waals surface area contributed by atoms with Crippen LogP contribution in [0.15, 0.2) is 54.6 Å². The maximum atomic E-state index is 11.3. The van der Waals surface area contributed by atoms with Crippen LogP contribution in [0.25, 0.3) is 0 Å². The number of carbonyl (C=O) groups is 1. The third-order valence-electron chi connectivity index (χ3n) is 2.38. The average Bonchev–Trinajstić information content (AvgIpc) is 2.38. The van der Waals surface area contributed by atoms with Crippen molar-refractivity contribution in [2.45, 2.75) is 19.4 Å². The predicted molar refractivity (Wildman–Crippen MR) is 73.1 cm³/mol. The second kappa shape index (κ2) is 8.25. The van der Waals surface area contributed by atoms with Gasteiger partial charge in [0.25, 0.3) is 0 Å². The highest BCUT2D eigenvalue weighted by atomic mass is 16.3. The number of hydrogen-bond acceptors (Lipinski definition) is 2. The molecule has 1 rings (SSSR count). The lowest BCUT2D eigenvalue weighted by atomic mass is 10.1. The van der Waals surface area contributed by atoms with Crippen LogP contribution < -0.4 is 5.32 Å². The van der Waals surface area contributed by atoms with Crippen molar-refractivity contribution in [1.82, 2.24) is 5.32 Å². The normalized spacial score (nSPS) is 13.0. The van der Waals surface area contributed by atoms with E-state index in [9.17, 15) is 9.90 Å². The summed E-state index contributed by atoms with van der Waals surface area (Å²) < 4.78 is 0. The minimum atomic E-state index is -0.563. The van der Waals surface area contributed by atoms with Gasteiger partial charge in [-0.3, -0.25) is 4.79 Å². The quantitative estimate of drug-likeness (QED) is 0.593. The first kappa shape index (κ1) is 14.2. The van der Waals surface area contributed by atoms with Crippen molar-refractivity contribution in [2.24, 2.45) is 0 Å². The first-order valence-corrected chi connectivity index (χ1v) is 6.01. The van der Waals surface area contributed by atoms with E-state index >= 15 is 0 Å². The zero-order valence-electron chi connectivity index (χ0n) is 10.5. The highest BCUT2D eigenvalue weighted by molar-refractivity contribution is 5.87. The van der Waals surface area contributed by atoms with Gasteiger partial charge in [-0.2, -0.15) is 0 Å². The van der Waals surface area contributed by atoms with Gasteiger partial charge in [-0.15, -0.1) is 0 Å². The standard InChI is InChI=1S/C15H19NO2/c1-2-3-5-10-15(18)16-12-14(17)11-13-8-6-4-7-9-13/h2-10,14,17H,11-12H2,1H3,(H,16,18). The molecule has 0 saturated carbocycles. The molecule has 3 heteroatoms. The Morgan fingerprint density at radius 2 is 2.06 bits per heavy atom. The van der Waals surface area contributed by atoms with Crippen LogP contribution in [-0.4, -0.2) is 23.7 Å². The molecular weight excluding hydrogens is 226 g/mol. The molecule has 0 heterocycles. The Balaban J connectivity index is 2.29. The number of benzene rings is 1. The average molecular weight is 245 g/mol. The van der Waals surface area contributed by atoms with Gasteiger partial charge in [-0.05, 0) is 12.5 Å². The molecule has 1 unspecified atom stereocenters. The lowest BCUT2D eigenvalue weighted by Gasteiger charge is -2.10. The summed E-state index contributed by atoms with van der Waals surface area (Å²) in [6.45, 7) is 2.14. The number of hydrogen-bond donors (Lipinski definition) is 2. The number of rotatable bonds is 6. The predicted octanol–water partition coefficient (Wildman–Crippen LogP) is 1.84. The Hall–Kier alpha value is -1.87. The summed E-state index contributed by atoms with van der Waals surface area (Å²) in [7, 11) is 0. The fourth-order valence-electron chi connectivity index (χ4n) is 1.49. The number of nitrogens with one attached hydrogen (secondary N) is 1. The van der Waals surface area contributed by atoms with Crippen LogP contribution in [0.1, 0.15) is 12.5 Å². The summed E-state index contributed by atoms with van der Waals surface area (Å²) in [5, 5.41) is 12.4. The molecule has 18 heavy (non-hydrogen) atoms. The van der Waals surface area contributed by atoms with E-state index in [0.717, 1.165) is 5.56 Å². The Labute approximate surface area is 108 Å². The summed E-state index contributed by atoms with van der Waals surface area (Å²) in [6, 6.07) is 9.71. The molecule has 96 valence electrons. The second-order valence-corrected chi connectivity index (χ2v) is 3.97. The van der Waals surface area contributed by atoms with Crippen LogP contribution >= 0.6 is 0 Å². The molecule has 1 atom stereocenters. The molecule has 0 radical (unpaired) electrons. The smallest absolute Gasteiger partial charge is 0.244 e. The van der Waals surface area contributed by atoms with Crippen molar-refractivity contribution in [3.63, 3.8) is 0 Å². The molecule has 1 amide bonds. The molecule has 0 saturated heterocycles. The lowest BCUT2D eigenvalue weighted by molar-refractivity contribution is -0.116.